The molecule has 0 radical (unpaired) electrons. The SMILES string of the molecule is CN(C)Cc1ccc(C(=O)NC(C)(C)CC(=O)O)cc1. The average Bonchev–Trinajstić information content (AvgIpc) is 2.26. The fourth-order valence-electron chi connectivity index (χ4n) is 1.93. The van der Waals surface area contributed by atoms with E-state index in [4.69, 9.17) is 5.11 Å². The molecule has 5 nitrogen and oxygen atoms in total. The highest BCUT2D eigenvalue weighted by Crippen LogP contribution is 2.11. The normalized spacial score (nSPS) is 11.4. The molecule has 1 rings (SSSR count). The predicted molar refractivity (Wildman–Crippen MR) is 77.6 cm³/mol. The maximum absolute atomic E-state index is 12.1. The summed E-state index contributed by atoms with van der Waals surface area (Å²) in [5.41, 5.74) is 0.882. The van der Waals surface area contributed by atoms with E-state index in [0.29, 0.717) is 5.56 Å². The molecular weight excluding hydrogens is 256 g/mol. The van der Waals surface area contributed by atoms with Gasteiger partial charge in [-0.25, -0.2) is 0 Å². The van der Waals surface area contributed by atoms with Crippen LogP contribution in [0.2, 0.25) is 0 Å². The number of carbonyl (C=O) groups excluding carboxylic acids is 1. The van der Waals surface area contributed by atoms with E-state index in [1.165, 1.54) is 0 Å². The molecule has 1 aromatic carbocycles. The van der Waals surface area contributed by atoms with Crippen LogP contribution >= 0.6 is 0 Å². The highest BCUT2D eigenvalue weighted by atomic mass is 16.4. The highest BCUT2D eigenvalue weighted by Gasteiger charge is 2.24. The Morgan fingerprint density at radius 1 is 1.20 bits per heavy atom. The van der Waals surface area contributed by atoms with Gasteiger partial charge in [0.1, 0.15) is 0 Å². The summed E-state index contributed by atoms with van der Waals surface area (Å²) in [4.78, 5) is 24.8. The maximum Gasteiger partial charge on any atom is 0.305 e. The smallest absolute Gasteiger partial charge is 0.305 e. The largest absolute Gasteiger partial charge is 0.481 e. The van der Waals surface area contributed by atoms with Gasteiger partial charge in [0.05, 0.1) is 6.42 Å². The van der Waals surface area contributed by atoms with Gasteiger partial charge in [0.15, 0.2) is 0 Å². The second-order valence-corrected chi connectivity index (χ2v) is 5.84. The van der Waals surface area contributed by atoms with E-state index in [1.807, 2.05) is 31.1 Å². The topological polar surface area (TPSA) is 69.6 Å². The first-order valence-corrected chi connectivity index (χ1v) is 6.47. The van der Waals surface area contributed by atoms with Crippen LogP contribution in [0.4, 0.5) is 0 Å². The summed E-state index contributed by atoms with van der Waals surface area (Å²) in [5.74, 6) is -1.19. The highest BCUT2D eigenvalue weighted by molar-refractivity contribution is 5.94. The Kier molecular flexibility index (Phi) is 5.27. The van der Waals surface area contributed by atoms with Crippen molar-refractivity contribution in [2.24, 2.45) is 0 Å². The standard InChI is InChI=1S/C15H22N2O3/c1-15(2,9-13(18)19)16-14(20)12-7-5-11(6-8-12)10-17(3)4/h5-8H,9-10H2,1-4H3,(H,16,20)(H,18,19). The minimum atomic E-state index is -0.934. The number of benzene rings is 1. The molecule has 0 aromatic heterocycles. The van der Waals surface area contributed by atoms with Gasteiger partial charge in [-0.3, -0.25) is 9.59 Å². The summed E-state index contributed by atoms with van der Waals surface area (Å²) < 4.78 is 0. The van der Waals surface area contributed by atoms with Crippen molar-refractivity contribution in [1.82, 2.24) is 10.2 Å². The molecule has 110 valence electrons. The second-order valence-electron chi connectivity index (χ2n) is 5.84. The molecule has 0 aliphatic carbocycles. The zero-order chi connectivity index (χ0) is 15.3. The van der Waals surface area contributed by atoms with E-state index in [9.17, 15) is 9.59 Å². The Balaban J connectivity index is 2.70. The van der Waals surface area contributed by atoms with Crippen LogP contribution in [-0.4, -0.2) is 41.5 Å². The zero-order valence-electron chi connectivity index (χ0n) is 12.4. The molecule has 0 saturated heterocycles. The molecule has 1 amide bonds. The third-order valence-corrected chi connectivity index (χ3v) is 2.76. The van der Waals surface area contributed by atoms with Crippen molar-refractivity contribution < 1.29 is 14.7 Å². The third-order valence-electron chi connectivity index (χ3n) is 2.76. The van der Waals surface area contributed by atoms with Crippen molar-refractivity contribution in [3.63, 3.8) is 0 Å². The van der Waals surface area contributed by atoms with Crippen LogP contribution in [0.5, 0.6) is 0 Å². The van der Waals surface area contributed by atoms with Crippen molar-refractivity contribution in [3.05, 3.63) is 35.4 Å². The molecule has 1 aromatic rings. The Morgan fingerprint density at radius 2 is 1.75 bits per heavy atom. The number of rotatable bonds is 6. The molecule has 20 heavy (non-hydrogen) atoms. The maximum atomic E-state index is 12.1. The lowest BCUT2D eigenvalue weighted by Gasteiger charge is -2.24. The lowest BCUT2D eigenvalue weighted by Crippen LogP contribution is -2.44. The quantitative estimate of drug-likeness (QED) is 0.831. The van der Waals surface area contributed by atoms with Crippen LogP contribution in [0, 0.1) is 0 Å². The van der Waals surface area contributed by atoms with Crippen LogP contribution in [-0.2, 0) is 11.3 Å². The summed E-state index contributed by atoms with van der Waals surface area (Å²) in [5, 5.41) is 11.5. The van der Waals surface area contributed by atoms with E-state index in [0.717, 1.165) is 12.1 Å². The summed E-state index contributed by atoms with van der Waals surface area (Å²) in [6.45, 7) is 4.20. The summed E-state index contributed by atoms with van der Waals surface area (Å²) in [6, 6.07) is 7.31. The molecule has 0 aliphatic heterocycles. The summed E-state index contributed by atoms with van der Waals surface area (Å²) >= 11 is 0. The van der Waals surface area contributed by atoms with Gasteiger partial charge in [0.2, 0.25) is 0 Å². The van der Waals surface area contributed by atoms with Gasteiger partial charge in [0, 0.05) is 17.6 Å². The number of hydrogen-bond acceptors (Lipinski definition) is 3. The van der Waals surface area contributed by atoms with Crippen LogP contribution < -0.4 is 5.32 Å². The lowest BCUT2D eigenvalue weighted by molar-refractivity contribution is -0.138. The lowest BCUT2D eigenvalue weighted by atomic mass is 10.00. The van der Waals surface area contributed by atoms with Gasteiger partial charge in [-0.2, -0.15) is 0 Å². The monoisotopic (exact) mass is 278 g/mol. The zero-order valence-corrected chi connectivity index (χ0v) is 12.4. The van der Waals surface area contributed by atoms with Crippen molar-refractivity contribution in [2.75, 3.05) is 14.1 Å². The van der Waals surface area contributed by atoms with Crippen molar-refractivity contribution in [1.29, 1.82) is 0 Å². The van der Waals surface area contributed by atoms with Crippen molar-refractivity contribution in [2.45, 2.75) is 32.4 Å². The minimum absolute atomic E-state index is 0.114. The average molecular weight is 278 g/mol. The van der Waals surface area contributed by atoms with Crippen LogP contribution in [0.3, 0.4) is 0 Å². The first kappa shape index (κ1) is 16.2. The number of nitrogens with zero attached hydrogens (tertiary/aromatic N) is 1. The molecule has 0 heterocycles. The molecule has 2 N–H and O–H groups in total. The summed E-state index contributed by atoms with van der Waals surface area (Å²) in [7, 11) is 3.96. The molecule has 0 bridgehead atoms. The van der Waals surface area contributed by atoms with Gasteiger partial charge in [-0.15, -0.1) is 0 Å². The molecule has 0 spiro atoms. The Bertz CT molecular complexity index is 478. The Hall–Kier alpha value is -1.88. The van der Waals surface area contributed by atoms with Gasteiger partial charge < -0.3 is 15.3 Å². The van der Waals surface area contributed by atoms with Gasteiger partial charge in [-0.1, -0.05) is 12.1 Å². The van der Waals surface area contributed by atoms with Gasteiger partial charge in [0.25, 0.3) is 5.91 Å². The fraction of sp³-hybridized carbons (Fsp3) is 0.467. The van der Waals surface area contributed by atoms with Gasteiger partial charge >= 0.3 is 5.97 Å². The fourth-order valence-corrected chi connectivity index (χ4v) is 1.93. The number of nitrogens with one attached hydrogen (secondary N) is 1. The Morgan fingerprint density at radius 3 is 2.20 bits per heavy atom. The molecule has 0 atom stereocenters. The predicted octanol–water partition coefficient (Wildman–Crippen LogP) is 1.73. The van der Waals surface area contributed by atoms with Crippen LogP contribution in [0.25, 0.3) is 0 Å². The number of carbonyl (C=O) groups is 2. The number of carboxylic acids is 1. The Labute approximate surface area is 119 Å². The molecule has 5 heteroatoms. The second kappa shape index (κ2) is 6.52. The summed E-state index contributed by atoms with van der Waals surface area (Å²) in [6.07, 6.45) is -0.114. The van der Waals surface area contributed by atoms with E-state index in [1.54, 1.807) is 26.0 Å². The number of amides is 1. The first-order valence-electron chi connectivity index (χ1n) is 6.47. The van der Waals surface area contributed by atoms with Crippen molar-refractivity contribution >= 4 is 11.9 Å². The molecule has 0 saturated carbocycles. The van der Waals surface area contributed by atoms with Crippen LogP contribution in [0.1, 0.15) is 36.2 Å². The molecular formula is C15H22N2O3. The van der Waals surface area contributed by atoms with E-state index in [-0.39, 0.29) is 12.3 Å². The number of hydrogen-bond donors (Lipinski definition) is 2. The number of carboxylic acid groups (broad SMARTS) is 1. The van der Waals surface area contributed by atoms with Crippen molar-refractivity contribution in [3.8, 4) is 0 Å². The first-order chi connectivity index (χ1) is 9.19. The van der Waals surface area contributed by atoms with Gasteiger partial charge in [-0.05, 0) is 45.6 Å². The third kappa shape index (κ3) is 5.40. The van der Waals surface area contributed by atoms with E-state index >= 15 is 0 Å². The van der Waals surface area contributed by atoms with Crippen LogP contribution in [0.15, 0.2) is 24.3 Å². The molecule has 0 unspecified atom stereocenters. The number of aliphatic carboxylic acids is 1. The van der Waals surface area contributed by atoms with E-state index in [2.05, 4.69) is 5.32 Å². The van der Waals surface area contributed by atoms with E-state index < -0.39 is 11.5 Å². The minimum Gasteiger partial charge on any atom is -0.481 e. The molecule has 0 fully saturated rings. The molecule has 0 aliphatic rings.